The van der Waals surface area contributed by atoms with Crippen molar-refractivity contribution in [2.75, 3.05) is 0 Å². The molecule has 0 aliphatic heterocycles. The van der Waals surface area contributed by atoms with E-state index in [1.54, 1.807) is 0 Å². The third kappa shape index (κ3) is 3.23. The summed E-state index contributed by atoms with van der Waals surface area (Å²) >= 11 is 6.27. The van der Waals surface area contributed by atoms with E-state index in [9.17, 15) is 9.50 Å². The molecule has 2 fully saturated rings. The standard InChI is InChI=1S/C23H24ClFN2O/c24-21-11-17(25)7-9-19(21)14-3-5-16(6-4-14)23(28)22-20(15-1-2-15)10-8-18-12-26-13-27(18)22/h7-16,23,28H,1-6H2/t14?,16?,23-/m0/s1. The van der Waals surface area contributed by atoms with Gasteiger partial charge in [0.15, 0.2) is 0 Å². The van der Waals surface area contributed by atoms with Crippen molar-refractivity contribution in [2.24, 2.45) is 5.92 Å². The van der Waals surface area contributed by atoms with Crippen LogP contribution in [-0.2, 0) is 0 Å². The molecule has 2 aliphatic carbocycles. The number of hydrogen-bond donors (Lipinski definition) is 1. The number of aliphatic hydroxyl groups is 1. The number of aromatic nitrogens is 2. The van der Waals surface area contributed by atoms with Crippen molar-refractivity contribution in [1.29, 1.82) is 0 Å². The molecule has 3 aromatic rings. The van der Waals surface area contributed by atoms with Crippen LogP contribution < -0.4 is 0 Å². The maximum absolute atomic E-state index is 13.4. The third-order valence-corrected chi connectivity index (χ3v) is 6.90. The Morgan fingerprint density at radius 2 is 1.68 bits per heavy atom. The van der Waals surface area contributed by atoms with Crippen molar-refractivity contribution >= 4 is 17.1 Å². The Labute approximate surface area is 169 Å². The van der Waals surface area contributed by atoms with Gasteiger partial charge in [-0.2, -0.15) is 0 Å². The van der Waals surface area contributed by atoms with Crippen molar-refractivity contribution in [3.05, 3.63) is 70.5 Å². The van der Waals surface area contributed by atoms with Crippen molar-refractivity contribution in [3.8, 4) is 0 Å². The van der Waals surface area contributed by atoms with Gasteiger partial charge in [-0.1, -0.05) is 23.7 Å². The number of benzene rings is 1. The number of imidazole rings is 1. The van der Waals surface area contributed by atoms with Crippen LogP contribution in [0.1, 0.15) is 73.3 Å². The van der Waals surface area contributed by atoms with E-state index in [4.69, 9.17) is 11.6 Å². The fourth-order valence-corrected chi connectivity index (χ4v) is 5.21. The van der Waals surface area contributed by atoms with Gasteiger partial charge in [-0.3, -0.25) is 0 Å². The molecule has 0 unspecified atom stereocenters. The first kappa shape index (κ1) is 18.1. The Hall–Kier alpha value is -1.91. The number of aliphatic hydroxyl groups excluding tert-OH is 1. The minimum atomic E-state index is -0.488. The Bertz CT molecular complexity index is 1010. The highest BCUT2D eigenvalue weighted by molar-refractivity contribution is 6.31. The second-order valence-corrected chi connectivity index (χ2v) is 8.77. The van der Waals surface area contributed by atoms with E-state index >= 15 is 0 Å². The normalized spacial score (nSPS) is 23.8. The number of pyridine rings is 1. The molecule has 0 saturated heterocycles. The molecule has 1 aromatic carbocycles. The number of halogens is 2. The summed E-state index contributed by atoms with van der Waals surface area (Å²) in [5.74, 6) is 0.842. The minimum absolute atomic E-state index is 0.223. The average Bonchev–Trinajstić information content (AvgIpc) is 3.43. The molecule has 28 heavy (non-hydrogen) atoms. The second-order valence-electron chi connectivity index (χ2n) is 8.36. The maximum atomic E-state index is 13.4. The van der Waals surface area contributed by atoms with Crippen LogP contribution in [0.5, 0.6) is 0 Å². The molecular weight excluding hydrogens is 375 g/mol. The van der Waals surface area contributed by atoms with E-state index in [-0.39, 0.29) is 11.7 Å². The Kier molecular flexibility index (Phi) is 4.64. The van der Waals surface area contributed by atoms with E-state index in [1.165, 1.54) is 30.5 Å². The zero-order valence-electron chi connectivity index (χ0n) is 15.7. The highest BCUT2D eigenvalue weighted by atomic mass is 35.5. The molecule has 0 bridgehead atoms. The molecular formula is C23H24ClFN2O. The molecule has 3 nitrogen and oxygen atoms in total. The molecule has 2 saturated carbocycles. The van der Waals surface area contributed by atoms with Crippen molar-refractivity contribution in [1.82, 2.24) is 9.38 Å². The molecule has 2 heterocycles. The fourth-order valence-electron chi connectivity index (χ4n) is 4.88. The summed E-state index contributed by atoms with van der Waals surface area (Å²) in [6, 6.07) is 8.99. The summed E-state index contributed by atoms with van der Waals surface area (Å²) in [4.78, 5) is 4.29. The lowest BCUT2D eigenvalue weighted by atomic mass is 9.75. The van der Waals surface area contributed by atoms with Crippen LogP contribution in [0.25, 0.3) is 5.52 Å². The summed E-state index contributed by atoms with van der Waals surface area (Å²) < 4.78 is 15.4. The lowest BCUT2D eigenvalue weighted by Gasteiger charge is -2.33. The lowest BCUT2D eigenvalue weighted by Crippen LogP contribution is -2.22. The van der Waals surface area contributed by atoms with E-state index < -0.39 is 6.10 Å². The summed E-state index contributed by atoms with van der Waals surface area (Å²) in [5, 5.41) is 11.9. The van der Waals surface area contributed by atoms with Crippen LogP contribution in [-0.4, -0.2) is 14.5 Å². The highest BCUT2D eigenvalue weighted by Gasteiger charge is 2.34. The Morgan fingerprint density at radius 3 is 2.39 bits per heavy atom. The third-order valence-electron chi connectivity index (χ3n) is 6.57. The van der Waals surface area contributed by atoms with Crippen LogP contribution in [0.2, 0.25) is 5.02 Å². The quantitative estimate of drug-likeness (QED) is 0.584. The monoisotopic (exact) mass is 398 g/mol. The van der Waals surface area contributed by atoms with Gasteiger partial charge >= 0.3 is 0 Å². The Balaban J connectivity index is 1.38. The molecule has 1 N–H and O–H groups in total. The SMILES string of the molecule is O[C@H](c1c(C2CC2)ccc2cncn12)C1CCC(c2ccc(F)cc2Cl)CC1. The van der Waals surface area contributed by atoms with Gasteiger partial charge in [0, 0.05) is 5.02 Å². The first-order chi connectivity index (χ1) is 13.6. The highest BCUT2D eigenvalue weighted by Crippen LogP contribution is 2.47. The lowest BCUT2D eigenvalue weighted by molar-refractivity contribution is 0.0754. The maximum Gasteiger partial charge on any atom is 0.124 e. The second kappa shape index (κ2) is 7.16. The summed E-state index contributed by atoms with van der Waals surface area (Å²) in [6.07, 6.45) is 9.40. The van der Waals surface area contributed by atoms with Gasteiger partial charge in [-0.05, 0) is 85.6 Å². The van der Waals surface area contributed by atoms with Gasteiger partial charge in [0.05, 0.1) is 29.8 Å². The van der Waals surface area contributed by atoms with Crippen molar-refractivity contribution in [3.63, 3.8) is 0 Å². The number of nitrogens with zero attached hydrogens (tertiary/aromatic N) is 2. The van der Waals surface area contributed by atoms with Gasteiger partial charge in [-0.15, -0.1) is 0 Å². The predicted molar refractivity (Wildman–Crippen MR) is 108 cm³/mol. The molecule has 1 atom stereocenters. The largest absolute Gasteiger partial charge is 0.387 e. The van der Waals surface area contributed by atoms with E-state index in [0.29, 0.717) is 16.9 Å². The number of rotatable bonds is 4. The molecule has 5 rings (SSSR count). The van der Waals surface area contributed by atoms with E-state index in [1.807, 2.05) is 18.6 Å². The molecule has 0 amide bonds. The smallest absolute Gasteiger partial charge is 0.124 e. The molecule has 2 aliphatic rings. The van der Waals surface area contributed by atoms with Gasteiger partial charge in [0.1, 0.15) is 5.82 Å². The summed E-state index contributed by atoms with van der Waals surface area (Å²) in [5.41, 5.74) is 4.37. The first-order valence-electron chi connectivity index (χ1n) is 10.2. The van der Waals surface area contributed by atoms with Crippen LogP contribution in [0.15, 0.2) is 42.9 Å². The summed E-state index contributed by atoms with van der Waals surface area (Å²) in [7, 11) is 0. The molecule has 146 valence electrons. The fraction of sp³-hybridized carbons (Fsp3) is 0.435. The zero-order valence-corrected chi connectivity index (χ0v) is 16.4. The van der Waals surface area contributed by atoms with Gasteiger partial charge < -0.3 is 9.51 Å². The number of hydrogen-bond acceptors (Lipinski definition) is 2. The molecule has 5 heteroatoms. The molecule has 0 radical (unpaired) electrons. The van der Waals surface area contributed by atoms with Gasteiger partial charge in [-0.25, -0.2) is 9.37 Å². The zero-order chi connectivity index (χ0) is 19.3. The van der Waals surface area contributed by atoms with E-state index in [2.05, 4.69) is 21.5 Å². The molecule has 2 aromatic heterocycles. The first-order valence-corrected chi connectivity index (χ1v) is 10.6. The van der Waals surface area contributed by atoms with Crippen molar-refractivity contribution in [2.45, 2.75) is 56.5 Å². The van der Waals surface area contributed by atoms with Crippen LogP contribution in [0.3, 0.4) is 0 Å². The van der Waals surface area contributed by atoms with Crippen LogP contribution >= 0.6 is 11.6 Å². The predicted octanol–water partition coefficient (Wildman–Crippen LogP) is 6.01. The topological polar surface area (TPSA) is 37.5 Å². The van der Waals surface area contributed by atoms with Crippen molar-refractivity contribution < 1.29 is 9.50 Å². The number of fused-ring (bicyclic) bond motifs is 1. The van der Waals surface area contributed by atoms with Gasteiger partial charge in [0.25, 0.3) is 0 Å². The van der Waals surface area contributed by atoms with Crippen LogP contribution in [0, 0.1) is 11.7 Å². The average molecular weight is 399 g/mol. The van der Waals surface area contributed by atoms with Crippen LogP contribution in [0.4, 0.5) is 4.39 Å². The Morgan fingerprint density at radius 1 is 1.00 bits per heavy atom. The van der Waals surface area contributed by atoms with Gasteiger partial charge in [0.2, 0.25) is 0 Å². The molecule has 0 spiro atoms. The van der Waals surface area contributed by atoms with E-state index in [0.717, 1.165) is 42.5 Å². The summed E-state index contributed by atoms with van der Waals surface area (Å²) in [6.45, 7) is 0. The minimum Gasteiger partial charge on any atom is -0.387 e.